The van der Waals surface area contributed by atoms with Crippen LogP contribution in [0.15, 0.2) is 30.3 Å². The first-order valence-corrected chi connectivity index (χ1v) is 3.63. The van der Waals surface area contributed by atoms with Gasteiger partial charge in [0.25, 0.3) is 0 Å². The van der Waals surface area contributed by atoms with Gasteiger partial charge in [-0.05, 0) is 25.5 Å². The number of halogens is 1. The molecule has 0 heterocycles. The Kier molecular flexibility index (Phi) is 2.42. The lowest BCUT2D eigenvalue weighted by Crippen LogP contribution is -1.84. The summed E-state index contributed by atoms with van der Waals surface area (Å²) in [5.41, 5.74) is 1.66. The summed E-state index contributed by atoms with van der Waals surface area (Å²) in [4.78, 5) is 0. The zero-order chi connectivity index (χ0) is 8.27. The molecule has 0 fully saturated rings. The Morgan fingerprint density at radius 3 is 2.55 bits per heavy atom. The van der Waals surface area contributed by atoms with Crippen LogP contribution in [-0.2, 0) is 0 Å². The molecule has 1 rings (SSSR count). The fraction of sp³-hybridized carbons (Fsp3) is 0.200. The third-order valence-corrected chi connectivity index (χ3v) is 1.73. The highest BCUT2D eigenvalue weighted by atomic mass is 19.1. The molecule has 0 radical (unpaired) electrons. The third kappa shape index (κ3) is 1.67. The van der Waals surface area contributed by atoms with Crippen molar-refractivity contribution in [1.82, 2.24) is 0 Å². The highest BCUT2D eigenvalue weighted by Gasteiger charge is 1.99. The number of rotatable bonds is 1. The first kappa shape index (κ1) is 7.99. The van der Waals surface area contributed by atoms with Crippen molar-refractivity contribution < 1.29 is 4.39 Å². The summed E-state index contributed by atoms with van der Waals surface area (Å²) >= 11 is 0. The molecule has 0 saturated heterocycles. The predicted molar refractivity (Wildman–Crippen MR) is 45.7 cm³/mol. The second kappa shape index (κ2) is 3.33. The van der Waals surface area contributed by atoms with E-state index < -0.39 is 0 Å². The van der Waals surface area contributed by atoms with Crippen LogP contribution < -0.4 is 0 Å². The average molecular weight is 150 g/mol. The molecule has 11 heavy (non-hydrogen) atoms. The molecule has 0 amide bonds. The second-order valence-corrected chi connectivity index (χ2v) is 2.45. The van der Waals surface area contributed by atoms with Crippen LogP contribution in [0.2, 0.25) is 0 Å². The standard InChI is InChI=1S/C10H11F/c1-3-8(2)9-6-4-5-7-10(9)11/h3-7H,1-2H3/b8-3+. The molecule has 0 saturated carbocycles. The Morgan fingerprint density at radius 2 is 2.00 bits per heavy atom. The van der Waals surface area contributed by atoms with Gasteiger partial charge in [-0.3, -0.25) is 0 Å². The Hall–Kier alpha value is -1.11. The van der Waals surface area contributed by atoms with Crippen LogP contribution in [-0.4, -0.2) is 0 Å². The number of hydrogen-bond donors (Lipinski definition) is 0. The first-order valence-electron chi connectivity index (χ1n) is 3.63. The summed E-state index contributed by atoms with van der Waals surface area (Å²) in [6.45, 7) is 3.81. The van der Waals surface area contributed by atoms with Gasteiger partial charge in [0.2, 0.25) is 0 Å². The van der Waals surface area contributed by atoms with E-state index in [1.807, 2.05) is 26.0 Å². The molecule has 0 bridgehead atoms. The minimum Gasteiger partial charge on any atom is -0.206 e. The van der Waals surface area contributed by atoms with Crippen molar-refractivity contribution in [2.24, 2.45) is 0 Å². The molecule has 0 aliphatic rings. The average Bonchev–Trinajstić information content (AvgIpc) is 2.04. The first-order chi connectivity index (χ1) is 5.25. The quantitative estimate of drug-likeness (QED) is 0.576. The van der Waals surface area contributed by atoms with E-state index in [1.54, 1.807) is 12.1 Å². The maximum absolute atomic E-state index is 13.0. The van der Waals surface area contributed by atoms with Crippen LogP contribution in [0, 0.1) is 5.82 Å². The molecule has 0 aliphatic heterocycles. The molecule has 0 unspecified atom stereocenters. The number of allylic oxidation sites excluding steroid dienone is 2. The maximum atomic E-state index is 13.0. The molecule has 1 aromatic rings. The second-order valence-electron chi connectivity index (χ2n) is 2.45. The zero-order valence-electron chi connectivity index (χ0n) is 6.76. The molecule has 0 atom stereocenters. The van der Waals surface area contributed by atoms with E-state index in [0.29, 0.717) is 5.56 Å². The van der Waals surface area contributed by atoms with Gasteiger partial charge < -0.3 is 0 Å². The van der Waals surface area contributed by atoms with Crippen molar-refractivity contribution in [1.29, 1.82) is 0 Å². The van der Waals surface area contributed by atoms with Crippen LogP contribution in [0.3, 0.4) is 0 Å². The Morgan fingerprint density at radius 1 is 1.36 bits per heavy atom. The summed E-state index contributed by atoms with van der Waals surface area (Å²) in [7, 11) is 0. The molecule has 0 N–H and O–H groups in total. The molecular formula is C10H11F. The van der Waals surface area contributed by atoms with Gasteiger partial charge in [0, 0.05) is 5.56 Å². The van der Waals surface area contributed by atoms with Crippen molar-refractivity contribution in [3.8, 4) is 0 Å². The van der Waals surface area contributed by atoms with E-state index in [4.69, 9.17) is 0 Å². The molecule has 0 nitrogen and oxygen atoms in total. The molecule has 0 spiro atoms. The van der Waals surface area contributed by atoms with Gasteiger partial charge in [-0.2, -0.15) is 0 Å². The van der Waals surface area contributed by atoms with E-state index in [9.17, 15) is 4.39 Å². The molecule has 1 heteroatoms. The fourth-order valence-electron chi connectivity index (χ4n) is 0.937. The molecule has 58 valence electrons. The Labute approximate surface area is 66.4 Å². The van der Waals surface area contributed by atoms with E-state index in [2.05, 4.69) is 0 Å². The topological polar surface area (TPSA) is 0 Å². The van der Waals surface area contributed by atoms with E-state index in [0.717, 1.165) is 5.57 Å². The van der Waals surface area contributed by atoms with Crippen molar-refractivity contribution in [2.45, 2.75) is 13.8 Å². The minimum absolute atomic E-state index is 0.150. The summed E-state index contributed by atoms with van der Waals surface area (Å²) in [6, 6.07) is 6.79. The normalized spacial score (nSPS) is 11.7. The van der Waals surface area contributed by atoms with Gasteiger partial charge in [-0.1, -0.05) is 24.3 Å². The highest BCUT2D eigenvalue weighted by Crippen LogP contribution is 2.16. The molecule has 0 aliphatic carbocycles. The van der Waals surface area contributed by atoms with Crippen LogP contribution in [0.1, 0.15) is 19.4 Å². The van der Waals surface area contributed by atoms with Crippen molar-refractivity contribution in [3.05, 3.63) is 41.7 Å². The lowest BCUT2D eigenvalue weighted by atomic mass is 10.1. The minimum atomic E-state index is -0.150. The summed E-state index contributed by atoms with van der Waals surface area (Å²) < 4.78 is 13.0. The van der Waals surface area contributed by atoms with Gasteiger partial charge in [0.15, 0.2) is 0 Å². The lowest BCUT2D eigenvalue weighted by molar-refractivity contribution is 0.624. The van der Waals surface area contributed by atoms with Crippen LogP contribution in [0.5, 0.6) is 0 Å². The van der Waals surface area contributed by atoms with Crippen molar-refractivity contribution >= 4 is 5.57 Å². The fourth-order valence-corrected chi connectivity index (χ4v) is 0.937. The van der Waals surface area contributed by atoms with Crippen LogP contribution in [0.25, 0.3) is 5.57 Å². The Bertz CT molecular complexity index is 274. The van der Waals surface area contributed by atoms with Crippen LogP contribution >= 0.6 is 0 Å². The van der Waals surface area contributed by atoms with Gasteiger partial charge in [0.05, 0.1) is 0 Å². The SMILES string of the molecule is C/C=C(\C)c1ccccc1F. The van der Waals surface area contributed by atoms with E-state index in [1.165, 1.54) is 6.07 Å². The van der Waals surface area contributed by atoms with Gasteiger partial charge in [-0.25, -0.2) is 4.39 Å². The van der Waals surface area contributed by atoms with Gasteiger partial charge >= 0.3 is 0 Å². The molecule has 0 aromatic heterocycles. The largest absolute Gasteiger partial charge is 0.206 e. The third-order valence-electron chi connectivity index (χ3n) is 1.73. The van der Waals surface area contributed by atoms with Crippen LogP contribution in [0.4, 0.5) is 4.39 Å². The van der Waals surface area contributed by atoms with Gasteiger partial charge in [-0.15, -0.1) is 0 Å². The summed E-state index contributed by atoms with van der Waals surface area (Å²) in [6.07, 6.45) is 1.90. The molecule has 1 aromatic carbocycles. The van der Waals surface area contributed by atoms with Crippen molar-refractivity contribution in [2.75, 3.05) is 0 Å². The zero-order valence-corrected chi connectivity index (χ0v) is 6.76. The van der Waals surface area contributed by atoms with E-state index >= 15 is 0 Å². The number of benzene rings is 1. The predicted octanol–water partition coefficient (Wildman–Crippen LogP) is 3.25. The summed E-state index contributed by atoms with van der Waals surface area (Å²) in [5, 5.41) is 0. The Balaban J connectivity index is 3.14. The lowest BCUT2D eigenvalue weighted by Gasteiger charge is -2.00. The van der Waals surface area contributed by atoms with Gasteiger partial charge in [0.1, 0.15) is 5.82 Å². The van der Waals surface area contributed by atoms with E-state index in [-0.39, 0.29) is 5.82 Å². The number of hydrogen-bond acceptors (Lipinski definition) is 0. The van der Waals surface area contributed by atoms with Crippen molar-refractivity contribution in [3.63, 3.8) is 0 Å². The molecular weight excluding hydrogens is 139 g/mol. The smallest absolute Gasteiger partial charge is 0.130 e. The maximum Gasteiger partial charge on any atom is 0.130 e. The monoisotopic (exact) mass is 150 g/mol. The highest BCUT2D eigenvalue weighted by molar-refractivity contribution is 5.63. The summed E-state index contributed by atoms with van der Waals surface area (Å²) in [5.74, 6) is -0.150.